The van der Waals surface area contributed by atoms with E-state index < -0.39 is 0 Å². The molecule has 0 radical (unpaired) electrons. The molecular weight excluding hydrogens is 322 g/mol. The Hall–Kier alpha value is -1.52. The Morgan fingerprint density at radius 1 is 1.26 bits per heavy atom. The van der Waals surface area contributed by atoms with Gasteiger partial charge in [0.15, 0.2) is 5.78 Å². The van der Waals surface area contributed by atoms with Crippen LogP contribution < -0.4 is 0 Å². The maximum atomic E-state index is 12.4. The normalized spacial score (nSPS) is 10.8. The highest BCUT2D eigenvalue weighted by Crippen LogP contribution is 2.26. The molecule has 0 atom stereocenters. The summed E-state index contributed by atoms with van der Waals surface area (Å²) in [6.07, 6.45) is 3.83. The number of fused-ring (bicyclic) bond motifs is 1. The van der Waals surface area contributed by atoms with Crippen molar-refractivity contribution >= 4 is 43.1 Å². The summed E-state index contributed by atoms with van der Waals surface area (Å²) < 4.78 is 2.05. The van der Waals surface area contributed by atoms with Crippen LogP contribution in [-0.2, 0) is 6.42 Å². The van der Waals surface area contributed by atoms with Crippen molar-refractivity contribution < 1.29 is 4.79 Å². The van der Waals surface area contributed by atoms with E-state index in [1.54, 1.807) is 23.7 Å². The third-order valence-electron chi connectivity index (χ3n) is 2.91. The van der Waals surface area contributed by atoms with Gasteiger partial charge in [-0.1, -0.05) is 18.2 Å². The summed E-state index contributed by atoms with van der Waals surface area (Å²) in [6, 6.07) is 9.92. The van der Waals surface area contributed by atoms with Gasteiger partial charge in [-0.05, 0) is 33.6 Å². The Labute approximate surface area is 123 Å². The van der Waals surface area contributed by atoms with Gasteiger partial charge in [-0.15, -0.1) is 11.3 Å². The summed E-state index contributed by atoms with van der Waals surface area (Å²) in [5.41, 5.74) is 1.73. The number of hydrogen-bond acceptors (Lipinski definition) is 3. The van der Waals surface area contributed by atoms with E-state index in [2.05, 4.69) is 20.9 Å². The van der Waals surface area contributed by atoms with E-state index in [0.29, 0.717) is 6.42 Å². The molecule has 2 nitrogen and oxygen atoms in total. The van der Waals surface area contributed by atoms with Crippen LogP contribution >= 0.6 is 27.3 Å². The van der Waals surface area contributed by atoms with Crippen LogP contribution in [0.2, 0.25) is 0 Å². The average Bonchev–Trinajstić information content (AvgIpc) is 2.82. The molecule has 3 aromatic rings. The van der Waals surface area contributed by atoms with Gasteiger partial charge >= 0.3 is 0 Å². The first kappa shape index (κ1) is 12.5. The second-order valence-corrected chi connectivity index (χ2v) is 6.08. The molecule has 3 rings (SSSR count). The molecule has 4 heteroatoms. The van der Waals surface area contributed by atoms with Crippen molar-refractivity contribution in [2.75, 3.05) is 0 Å². The third kappa shape index (κ3) is 2.60. The minimum absolute atomic E-state index is 0.136. The van der Waals surface area contributed by atoms with Crippen LogP contribution in [0.15, 0.2) is 52.6 Å². The van der Waals surface area contributed by atoms with E-state index in [9.17, 15) is 4.79 Å². The molecule has 19 heavy (non-hydrogen) atoms. The topological polar surface area (TPSA) is 30.0 Å². The quantitative estimate of drug-likeness (QED) is 0.662. The lowest BCUT2D eigenvalue weighted by Gasteiger charge is -2.01. The minimum atomic E-state index is 0.136. The lowest BCUT2D eigenvalue weighted by atomic mass is 10.0. The molecule has 0 unspecified atom stereocenters. The molecule has 94 valence electrons. The highest BCUT2D eigenvalue weighted by atomic mass is 79.9. The Bertz CT molecular complexity index is 750. The van der Waals surface area contributed by atoms with Gasteiger partial charge in [0.05, 0.1) is 0 Å². The SMILES string of the molecule is O=C(Cc1cncc(Br)c1)c1csc2ccccc12. The molecule has 2 aromatic heterocycles. The second kappa shape index (κ2) is 5.23. The molecular formula is C15H10BrNOS. The fourth-order valence-corrected chi connectivity index (χ4v) is 3.40. The number of halogens is 1. The van der Waals surface area contributed by atoms with E-state index in [1.165, 1.54) is 0 Å². The largest absolute Gasteiger partial charge is 0.294 e. The first-order chi connectivity index (χ1) is 9.24. The maximum absolute atomic E-state index is 12.4. The predicted molar refractivity (Wildman–Crippen MR) is 81.8 cm³/mol. The van der Waals surface area contributed by atoms with Crippen molar-refractivity contribution in [3.05, 3.63) is 63.7 Å². The summed E-state index contributed by atoms with van der Waals surface area (Å²) in [5.74, 6) is 0.136. The van der Waals surface area contributed by atoms with E-state index >= 15 is 0 Å². The first-order valence-electron chi connectivity index (χ1n) is 5.83. The van der Waals surface area contributed by atoms with Crippen LogP contribution in [0.25, 0.3) is 10.1 Å². The number of Topliss-reactive ketones (excluding diaryl/α,β-unsaturated/α-hetero) is 1. The van der Waals surface area contributed by atoms with Gasteiger partial charge in [-0.2, -0.15) is 0 Å². The standard InChI is InChI=1S/C15H10BrNOS/c16-11-5-10(7-17-8-11)6-14(18)13-9-19-15-4-2-1-3-12(13)15/h1-5,7-9H,6H2. The maximum Gasteiger partial charge on any atom is 0.168 e. The summed E-state index contributed by atoms with van der Waals surface area (Å²) in [5, 5.41) is 2.98. The number of thiophene rings is 1. The first-order valence-corrected chi connectivity index (χ1v) is 7.50. The highest BCUT2D eigenvalue weighted by Gasteiger charge is 2.12. The molecule has 0 bridgehead atoms. The number of carbonyl (C=O) groups excluding carboxylic acids is 1. The van der Waals surface area contributed by atoms with E-state index in [4.69, 9.17) is 0 Å². The van der Waals surface area contributed by atoms with E-state index in [-0.39, 0.29) is 5.78 Å². The van der Waals surface area contributed by atoms with Gasteiger partial charge in [-0.3, -0.25) is 9.78 Å². The lowest BCUT2D eigenvalue weighted by molar-refractivity contribution is 0.0995. The van der Waals surface area contributed by atoms with Crippen molar-refractivity contribution in [1.82, 2.24) is 4.98 Å². The zero-order valence-corrected chi connectivity index (χ0v) is 12.4. The van der Waals surface area contributed by atoms with Crippen LogP contribution in [0.5, 0.6) is 0 Å². The van der Waals surface area contributed by atoms with Crippen LogP contribution in [-0.4, -0.2) is 10.8 Å². The molecule has 0 saturated heterocycles. The number of hydrogen-bond donors (Lipinski definition) is 0. The lowest BCUT2D eigenvalue weighted by Crippen LogP contribution is -2.03. The van der Waals surface area contributed by atoms with Crippen molar-refractivity contribution in [3.63, 3.8) is 0 Å². The number of carbonyl (C=O) groups is 1. The predicted octanol–water partition coefficient (Wildman–Crippen LogP) is 4.48. The van der Waals surface area contributed by atoms with Gasteiger partial charge < -0.3 is 0 Å². The van der Waals surface area contributed by atoms with Crippen LogP contribution in [0.4, 0.5) is 0 Å². The molecule has 1 aromatic carbocycles. The van der Waals surface area contributed by atoms with Gasteiger partial charge in [0.25, 0.3) is 0 Å². The fourth-order valence-electron chi connectivity index (χ4n) is 2.03. The smallest absolute Gasteiger partial charge is 0.168 e. The zero-order chi connectivity index (χ0) is 13.2. The molecule has 0 N–H and O–H groups in total. The van der Waals surface area contributed by atoms with E-state index in [0.717, 1.165) is 25.7 Å². The molecule has 0 amide bonds. The zero-order valence-electron chi connectivity index (χ0n) is 9.97. The molecule has 0 spiro atoms. The molecule has 2 heterocycles. The second-order valence-electron chi connectivity index (χ2n) is 4.26. The number of nitrogens with zero attached hydrogens (tertiary/aromatic N) is 1. The van der Waals surface area contributed by atoms with Crippen molar-refractivity contribution in [1.29, 1.82) is 0 Å². The van der Waals surface area contributed by atoms with Crippen LogP contribution in [0, 0.1) is 0 Å². The van der Waals surface area contributed by atoms with Gasteiger partial charge in [0, 0.05) is 44.3 Å². The minimum Gasteiger partial charge on any atom is -0.294 e. The molecule has 0 aliphatic carbocycles. The van der Waals surface area contributed by atoms with Gasteiger partial charge in [-0.25, -0.2) is 0 Å². The van der Waals surface area contributed by atoms with E-state index in [1.807, 2.05) is 35.7 Å². The monoisotopic (exact) mass is 331 g/mol. The molecule has 0 saturated carbocycles. The third-order valence-corrected chi connectivity index (χ3v) is 4.30. The number of rotatable bonds is 3. The Kier molecular flexibility index (Phi) is 3.44. The van der Waals surface area contributed by atoms with Gasteiger partial charge in [0.2, 0.25) is 0 Å². The number of ketones is 1. The Balaban J connectivity index is 1.92. The molecule has 0 aliphatic heterocycles. The highest BCUT2D eigenvalue weighted by molar-refractivity contribution is 9.10. The molecule has 0 fully saturated rings. The summed E-state index contributed by atoms with van der Waals surface area (Å²) in [7, 11) is 0. The van der Waals surface area contributed by atoms with Crippen molar-refractivity contribution in [2.45, 2.75) is 6.42 Å². The van der Waals surface area contributed by atoms with Crippen molar-refractivity contribution in [3.8, 4) is 0 Å². The molecule has 0 aliphatic rings. The Morgan fingerprint density at radius 3 is 2.95 bits per heavy atom. The van der Waals surface area contributed by atoms with Gasteiger partial charge in [0.1, 0.15) is 0 Å². The number of pyridine rings is 1. The number of benzene rings is 1. The summed E-state index contributed by atoms with van der Waals surface area (Å²) in [4.78, 5) is 16.4. The average molecular weight is 332 g/mol. The Morgan fingerprint density at radius 2 is 2.11 bits per heavy atom. The van der Waals surface area contributed by atoms with Crippen LogP contribution in [0.1, 0.15) is 15.9 Å². The van der Waals surface area contributed by atoms with Crippen LogP contribution in [0.3, 0.4) is 0 Å². The number of aromatic nitrogens is 1. The summed E-state index contributed by atoms with van der Waals surface area (Å²) >= 11 is 4.98. The van der Waals surface area contributed by atoms with Crippen molar-refractivity contribution in [2.24, 2.45) is 0 Å². The summed E-state index contributed by atoms with van der Waals surface area (Å²) in [6.45, 7) is 0. The fraction of sp³-hybridized carbons (Fsp3) is 0.0667.